The Morgan fingerprint density at radius 3 is 2.44 bits per heavy atom. The van der Waals surface area contributed by atoms with Gasteiger partial charge < -0.3 is 5.32 Å². The Bertz CT molecular complexity index is 1100. The zero-order chi connectivity index (χ0) is 19.4. The van der Waals surface area contributed by atoms with E-state index in [0.29, 0.717) is 28.3 Å². The lowest BCUT2D eigenvalue weighted by Gasteiger charge is -2.10. The van der Waals surface area contributed by atoms with Crippen LogP contribution in [-0.2, 0) is 10.0 Å². The van der Waals surface area contributed by atoms with Crippen LogP contribution in [0.2, 0.25) is 0 Å². The maximum Gasteiger partial charge on any atom is 0.276 e. The van der Waals surface area contributed by atoms with Crippen LogP contribution < -0.4 is 10.0 Å². The first-order valence-electron chi connectivity index (χ1n) is 8.10. The van der Waals surface area contributed by atoms with E-state index in [4.69, 9.17) is 0 Å². The van der Waals surface area contributed by atoms with Crippen LogP contribution >= 0.6 is 0 Å². The molecule has 0 aliphatic carbocycles. The fourth-order valence-corrected chi connectivity index (χ4v) is 3.03. The Morgan fingerprint density at radius 1 is 1.04 bits per heavy atom. The average Bonchev–Trinajstić information content (AvgIpc) is 2.61. The van der Waals surface area contributed by atoms with Gasteiger partial charge in [-0.05, 0) is 31.2 Å². The van der Waals surface area contributed by atoms with Crippen molar-refractivity contribution in [3.63, 3.8) is 0 Å². The molecule has 0 saturated carbocycles. The third kappa shape index (κ3) is 4.89. The van der Waals surface area contributed by atoms with Gasteiger partial charge >= 0.3 is 0 Å². The van der Waals surface area contributed by atoms with Crippen molar-refractivity contribution in [2.24, 2.45) is 0 Å². The molecule has 144 valence electrons. The molecule has 2 N–H and O–H groups in total. The van der Waals surface area contributed by atoms with Crippen LogP contribution in [-0.4, -0.2) is 30.5 Å². The molecule has 8 heteroatoms. The van der Waals surface area contributed by atoms with Gasteiger partial charge in [0.05, 0.1) is 23.8 Å². The number of hydrogen-bond donors (Lipinski definition) is 2. The van der Waals surface area contributed by atoms with Crippen molar-refractivity contribution in [2.45, 2.75) is 6.92 Å². The molecule has 3 aromatic rings. The minimum absolute atomic E-state index is 0. The molecular weight excluding hydrogens is 364 g/mol. The standard InChI is InChI=1S/C19H18N4O3S.3H2/c1-13-18(19(24)21-15-8-4-3-5-9-15)22-17(12-20-13)14-7-6-10-16(11-14)23-27(2,25)26;;;/h3-12,23H,1-2H3,(H,21,24);3*1H. The molecule has 0 atom stereocenters. The number of aromatic nitrogens is 2. The van der Waals surface area contributed by atoms with Crippen molar-refractivity contribution in [2.75, 3.05) is 16.3 Å². The summed E-state index contributed by atoms with van der Waals surface area (Å²) in [7, 11) is -3.39. The molecule has 0 radical (unpaired) electrons. The first kappa shape index (κ1) is 18.5. The van der Waals surface area contributed by atoms with Gasteiger partial charge in [0.1, 0.15) is 5.69 Å². The SMILES string of the molecule is Cc1ncc(-c2cccc(NS(C)(=O)=O)c2)nc1C(=O)Nc1ccccc1.[HH].[HH].[HH]. The van der Waals surface area contributed by atoms with E-state index in [-0.39, 0.29) is 15.9 Å². The fourth-order valence-electron chi connectivity index (χ4n) is 2.47. The summed E-state index contributed by atoms with van der Waals surface area (Å²) in [5.41, 5.74) is 2.89. The van der Waals surface area contributed by atoms with Gasteiger partial charge in [0, 0.05) is 21.2 Å². The van der Waals surface area contributed by atoms with E-state index < -0.39 is 10.0 Å². The lowest BCUT2D eigenvalue weighted by Crippen LogP contribution is -2.16. The van der Waals surface area contributed by atoms with Crippen molar-refractivity contribution in [3.05, 3.63) is 72.2 Å². The predicted octanol–water partition coefficient (Wildman–Crippen LogP) is 3.81. The van der Waals surface area contributed by atoms with Gasteiger partial charge in [0.25, 0.3) is 5.91 Å². The maximum atomic E-state index is 12.6. The summed E-state index contributed by atoms with van der Waals surface area (Å²) in [5, 5.41) is 2.79. The molecular formula is C19H24N4O3S. The topological polar surface area (TPSA) is 101 Å². The van der Waals surface area contributed by atoms with E-state index in [1.54, 1.807) is 49.5 Å². The van der Waals surface area contributed by atoms with Crippen LogP contribution in [0.3, 0.4) is 0 Å². The van der Waals surface area contributed by atoms with Crippen LogP contribution in [0.4, 0.5) is 11.4 Å². The molecule has 27 heavy (non-hydrogen) atoms. The second-order valence-electron chi connectivity index (χ2n) is 5.96. The van der Waals surface area contributed by atoms with Crippen LogP contribution in [0.1, 0.15) is 20.5 Å². The van der Waals surface area contributed by atoms with Gasteiger partial charge in [-0.3, -0.25) is 14.5 Å². The van der Waals surface area contributed by atoms with Crippen LogP contribution in [0, 0.1) is 6.92 Å². The average molecular weight is 388 g/mol. The van der Waals surface area contributed by atoms with Gasteiger partial charge in [-0.15, -0.1) is 0 Å². The zero-order valence-electron chi connectivity index (χ0n) is 14.8. The minimum Gasteiger partial charge on any atom is -0.321 e. The number of anilines is 2. The van der Waals surface area contributed by atoms with Crippen molar-refractivity contribution in [1.29, 1.82) is 0 Å². The zero-order valence-corrected chi connectivity index (χ0v) is 15.6. The van der Waals surface area contributed by atoms with Gasteiger partial charge in [-0.2, -0.15) is 0 Å². The highest BCUT2D eigenvalue weighted by atomic mass is 32.2. The van der Waals surface area contributed by atoms with E-state index in [1.807, 2.05) is 18.2 Å². The van der Waals surface area contributed by atoms with E-state index in [9.17, 15) is 13.2 Å². The van der Waals surface area contributed by atoms with Crippen molar-refractivity contribution in [3.8, 4) is 11.3 Å². The van der Waals surface area contributed by atoms with Gasteiger partial charge in [0.2, 0.25) is 10.0 Å². The highest BCUT2D eigenvalue weighted by Gasteiger charge is 2.14. The van der Waals surface area contributed by atoms with Crippen molar-refractivity contribution >= 4 is 27.3 Å². The number of rotatable bonds is 5. The van der Waals surface area contributed by atoms with Gasteiger partial charge in [-0.1, -0.05) is 30.3 Å². The highest BCUT2D eigenvalue weighted by molar-refractivity contribution is 7.92. The largest absolute Gasteiger partial charge is 0.321 e. The number of sulfonamides is 1. The van der Waals surface area contributed by atoms with Crippen LogP contribution in [0.15, 0.2) is 60.8 Å². The molecule has 0 bridgehead atoms. The molecule has 2 aromatic carbocycles. The molecule has 0 fully saturated rings. The van der Waals surface area contributed by atoms with E-state index in [2.05, 4.69) is 20.0 Å². The second kappa shape index (κ2) is 7.55. The summed E-state index contributed by atoms with van der Waals surface area (Å²) < 4.78 is 25.3. The lowest BCUT2D eigenvalue weighted by atomic mass is 10.1. The number of aryl methyl sites for hydroxylation is 1. The number of carbonyl (C=O) groups excluding carboxylic acids is 1. The molecule has 0 aliphatic rings. The monoisotopic (exact) mass is 388 g/mol. The Balaban J connectivity index is 0.00000280. The summed E-state index contributed by atoms with van der Waals surface area (Å²) in [6, 6.07) is 15.8. The predicted molar refractivity (Wildman–Crippen MR) is 111 cm³/mol. The molecule has 1 heterocycles. The molecule has 0 spiro atoms. The smallest absolute Gasteiger partial charge is 0.276 e. The number of para-hydroxylation sites is 1. The van der Waals surface area contributed by atoms with E-state index >= 15 is 0 Å². The summed E-state index contributed by atoms with van der Waals surface area (Å²) in [4.78, 5) is 21.3. The molecule has 7 nitrogen and oxygen atoms in total. The third-order valence-electron chi connectivity index (χ3n) is 3.66. The van der Waals surface area contributed by atoms with Gasteiger partial charge in [-0.25, -0.2) is 13.4 Å². The summed E-state index contributed by atoms with van der Waals surface area (Å²) >= 11 is 0. The fraction of sp³-hybridized carbons (Fsp3) is 0.105. The lowest BCUT2D eigenvalue weighted by molar-refractivity contribution is 0.102. The minimum atomic E-state index is -3.39. The number of amides is 1. The Kier molecular flexibility index (Phi) is 5.18. The molecule has 3 rings (SSSR count). The molecule has 1 aromatic heterocycles. The van der Waals surface area contributed by atoms with Gasteiger partial charge in [0.15, 0.2) is 0 Å². The second-order valence-corrected chi connectivity index (χ2v) is 7.71. The van der Waals surface area contributed by atoms with Crippen LogP contribution in [0.25, 0.3) is 11.3 Å². The Labute approximate surface area is 162 Å². The number of benzene rings is 2. The quantitative estimate of drug-likeness (QED) is 0.692. The molecule has 0 unspecified atom stereocenters. The number of nitrogens with zero attached hydrogens (tertiary/aromatic N) is 2. The van der Waals surface area contributed by atoms with Crippen LogP contribution in [0.5, 0.6) is 0 Å². The Hall–Kier alpha value is -3.26. The number of nitrogens with one attached hydrogen (secondary N) is 2. The number of hydrogen-bond acceptors (Lipinski definition) is 5. The summed E-state index contributed by atoms with van der Waals surface area (Å²) in [6.07, 6.45) is 2.63. The third-order valence-corrected chi connectivity index (χ3v) is 4.27. The first-order chi connectivity index (χ1) is 12.8. The highest BCUT2D eigenvalue weighted by Crippen LogP contribution is 2.22. The first-order valence-corrected chi connectivity index (χ1v) is 9.99. The summed E-state index contributed by atoms with van der Waals surface area (Å²) in [5.74, 6) is -0.363. The molecule has 0 saturated heterocycles. The molecule has 1 amide bonds. The Morgan fingerprint density at radius 2 is 1.74 bits per heavy atom. The maximum absolute atomic E-state index is 12.6. The van der Waals surface area contributed by atoms with Crippen molar-refractivity contribution < 1.29 is 17.5 Å². The number of carbonyl (C=O) groups is 1. The van der Waals surface area contributed by atoms with E-state index in [0.717, 1.165) is 6.26 Å². The molecule has 0 aliphatic heterocycles. The summed E-state index contributed by atoms with van der Waals surface area (Å²) in [6.45, 7) is 1.71. The van der Waals surface area contributed by atoms with E-state index in [1.165, 1.54) is 0 Å². The van der Waals surface area contributed by atoms with Crippen molar-refractivity contribution in [1.82, 2.24) is 9.97 Å². The normalized spacial score (nSPS) is 11.0.